The molecule has 8 nitrogen and oxygen atoms in total. The predicted molar refractivity (Wildman–Crippen MR) is 166 cm³/mol. The van der Waals surface area contributed by atoms with Crippen LogP contribution in [0.1, 0.15) is 43.2 Å². The van der Waals surface area contributed by atoms with Gasteiger partial charge in [0.25, 0.3) is 0 Å². The molecule has 42 heavy (non-hydrogen) atoms. The van der Waals surface area contributed by atoms with Crippen LogP contribution in [0.5, 0.6) is 5.75 Å². The van der Waals surface area contributed by atoms with E-state index in [1.54, 1.807) is 42.5 Å². The quantitative estimate of drug-likeness (QED) is 0.304. The first-order valence-electron chi connectivity index (χ1n) is 14.1. The molecular formula is C32H38ClN3O5S. The monoisotopic (exact) mass is 611 g/mol. The fourth-order valence-corrected chi connectivity index (χ4v) is 6.36. The van der Waals surface area contributed by atoms with Crippen molar-refractivity contribution in [2.45, 2.75) is 57.2 Å². The molecule has 224 valence electrons. The van der Waals surface area contributed by atoms with Gasteiger partial charge in [-0.1, -0.05) is 79.4 Å². The molecule has 1 N–H and O–H groups in total. The lowest BCUT2D eigenvalue weighted by atomic mass is 9.94. The highest BCUT2D eigenvalue weighted by atomic mass is 35.5. The fourth-order valence-electron chi connectivity index (χ4n) is 5.31. The first-order chi connectivity index (χ1) is 20.1. The number of nitrogens with zero attached hydrogens (tertiary/aromatic N) is 2. The van der Waals surface area contributed by atoms with Crippen molar-refractivity contribution in [2.24, 2.45) is 0 Å². The number of hydrogen-bond acceptors (Lipinski definition) is 5. The molecule has 3 aromatic carbocycles. The number of ether oxygens (including phenoxy) is 1. The van der Waals surface area contributed by atoms with Crippen LogP contribution in [0.2, 0.25) is 5.02 Å². The van der Waals surface area contributed by atoms with Crippen LogP contribution in [0.3, 0.4) is 0 Å². The van der Waals surface area contributed by atoms with E-state index in [0.29, 0.717) is 16.5 Å². The van der Waals surface area contributed by atoms with Crippen molar-refractivity contribution in [3.63, 3.8) is 0 Å². The summed E-state index contributed by atoms with van der Waals surface area (Å²) in [5.74, 6) is -0.311. The molecule has 0 spiro atoms. The minimum Gasteiger partial charge on any atom is -0.497 e. The first-order valence-corrected chi connectivity index (χ1v) is 16.4. The molecule has 10 heteroatoms. The van der Waals surface area contributed by atoms with Crippen molar-refractivity contribution in [1.29, 1.82) is 0 Å². The maximum atomic E-state index is 14.2. The largest absolute Gasteiger partial charge is 0.497 e. The second kappa shape index (κ2) is 14.6. The maximum Gasteiger partial charge on any atom is 0.244 e. The minimum absolute atomic E-state index is 0.0388. The van der Waals surface area contributed by atoms with Gasteiger partial charge in [0.1, 0.15) is 18.3 Å². The van der Waals surface area contributed by atoms with Gasteiger partial charge in [-0.05, 0) is 48.2 Å². The van der Waals surface area contributed by atoms with Gasteiger partial charge >= 0.3 is 0 Å². The topological polar surface area (TPSA) is 96.0 Å². The number of hydrogen-bond donors (Lipinski definition) is 1. The number of benzene rings is 3. The van der Waals surface area contributed by atoms with E-state index in [4.69, 9.17) is 16.3 Å². The third kappa shape index (κ3) is 8.72. The predicted octanol–water partition coefficient (Wildman–Crippen LogP) is 5.20. The summed E-state index contributed by atoms with van der Waals surface area (Å²) in [5, 5.41) is 3.70. The molecule has 1 fully saturated rings. The molecule has 0 aliphatic heterocycles. The van der Waals surface area contributed by atoms with Crippen LogP contribution in [0.25, 0.3) is 0 Å². The van der Waals surface area contributed by atoms with E-state index >= 15 is 0 Å². The summed E-state index contributed by atoms with van der Waals surface area (Å²) in [6.07, 6.45) is 6.34. The van der Waals surface area contributed by atoms with Crippen LogP contribution in [0, 0.1) is 0 Å². The summed E-state index contributed by atoms with van der Waals surface area (Å²) in [6.45, 7) is -0.417. The number of nitrogens with one attached hydrogen (secondary N) is 1. The smallest absolute Gasteiger partial charge is 0.244 e. The average molecular weight is 612 g/mol. The van der Waals surface area contributed by atoms with Gasteiger partial charge in [-0.25, -0.2) is 8.42 Å². The van der Waals surface area contributed by atoms with Gasteiger partial charge in [-0.3, -0.25) is 13.9 Å². The third-order valence-corrected chi connectivity index (χ3v) is 8.86. The van der Waals surface area contributed by atoms with E-state index in [9.17, 15) is 18.0 Å². The summed E-state index contributed by atoms with van der Waals surface area (Å²) in [6, 6.07) is 22.3. The lowest BCUT2D eigenvalue weighted by Gasteiger charge is -2.35. The highest BCUT2D eigenvalue weighted by molar-refractivity contribution is 7.92. The van der Waals surface area contributed by atoms with Crippen LogP contribution in [0.15, 0.2) is 78.9 Å². The molecule has 4 rings (SSSR count). The molecular weight excluding hydrogens is 574 g/mol. The van der Waals surface area contributed by atoms with Crippen LogP contribution >= 0.6 is 11.6 Å². The normalized spacial score (nSPS) is 14.5. The second-order valence-corrected chi connectivity index (χ2v) is 13.0. The molecule has 1 aliphatic rings. The molecule has 1 atom stereocenters. The number of carbonyl (C=O) groups excluding carboxylic acids is 2. The Balaban J connectivity index is 1.72. The van der Waals surface area contributed by atoms with Gasteiger partial charge in [0.2, 0.25) is 21.8 Å². The van der Waals surface area contributed by atoms with Gasteiger partial charge in [0.15, 0.2) is 0 Å². The number of halogens is 1. The van der Waals surface area contributed by atoms with Crippen molar-refractivity contribution >= 4 is 39.1 Å². The second-order valence-electron chi connectivity index (χ2n) is 10.7. The number of amides is 2. The molecule has 0 bridgehead atoms. The maximum absolute atomic E-state index is 14.2. The molecule has 3 aromatic rings. The number of sulfonamides is 1. The van der Waals surface area contributed by atoms with Crippen LogP contribution in [0.4, 0.5) is 5.69 Å². The summed E-state index contributed by atoms with van der Waals surface area (Å²) in [7, 11) is -2.38. The van der Waals surface area contributed by atoms with Crippen molar-refractivity contribution in [2.75, 3.05) is 24.2 Å². The Morgan fingerprint density at radius 1 is 0.952 bits per heavy atom. The molecule has 1 aliphatic carbocycles. The average Bonchev–Trinajstić information content (AvgIpc) is 2.98. The molecule has 1 unspecified atom stereocenters. The van der Waals surface area contributed by atoms with Crippen LogP contribution < -0.4 is 14.4 Å². The van der Waals surface area contributed by atoms with E-state index in [-0.39, 0.29) is 24.9 Å². The highest BCUT2D eigenvalue weighted by Crippen LogP contribution is 2.25. The minimum atomic E-state index is -3.87. The van der Waals surface area contributed by atoms with Crippen molar-refractivity contribution < 1.29 is 22.7 Å². The molecule has 1 saturated carbocycles. The van der Waals surface area contributed by atoms with Gasteiger partial charge in [0, 0.05) is 30.1 Å². The molecule has 0 heterocycles. The molecule has 0 radical (unpaired) electrons. The van der Waals surface area contributed by atoms with E-state index in [1.165, 1.54) is 12.0 Å². The summed E-state index contributed by atoms with van der Waals surface area (Å²) >= 11 is 6.28. The Hall–Kier alpha value is -3.56. The number of anilines is 1. The Labute approximate surface area is 253 Å². The van der Waals surface area contributed by atoms with E-state index < -0.39 is 28.5 Å². The fraction of sp³-hybridized carbons (Fsp3) is 0.375. The Morgan fingerprint density at radius 3 is 2.31 bits per heavy atom. The van der Waals surface area contributed by atoms with Gasteiger partial charge < -0.3 is 15.0 Å². The Morgan fingerprint density at radius 2 is 1.64 bits per heavy atom. The van der Waals surface area contributed by atoms with E-state index in [0.717, 1.165) is 53.8 Å². The van der Waals surface area contributed by atoms with Crippen molar-refractivity contribution in [3.05, 3.63) is 95.0 Å². The van der Waals surface area contributed by atoms with Crippen molar-refractivity contribution in [3.8, 4) is 5.75 Å². The number of carbonyl (C=O) groups is 2. The zero-order valence-corrected chi connectivity index (χ0v) is 25.6. The van der Waals surface area contributed by atoms with Gasteiger partial charge in [0.05, 0.1) is 19.1 Å². The summed E-state index contributed by atoms with van der Waals surface area (Å²) in [5.41, 5.74) is 1.91. The third-order valence-electron chi connectivity index (χ3n) is 7.49. The standard InChI is InChI=1S/C32H38ClN3O5S/c1-41-29-18-10-17-28(21-29)36(42(2,39)40)23-31(37)35(22-25-13-9-14-26(33)19-25)30(20-24-11-5-3-6-12-24)32(38)34-27-15-7-4-8-16-27/h3,5-6,9-14,17-19,21,27,30H,4,7-8,15-16,20,22-23H2,1-2H3,(H,34,38). The first kappa shape index (κ1) is 31.4. The van der Waals surface area contributed by atoms with E-state index in [1.807, 2.05) is 36.4 Å². The van der Waals surface area contributed by atoms with Crippen LogP contribution in [-0.2, 0) is 32.6 Å². The van der Waals surface area contributed by atoms with E-state index in [2.05, 4.69) is 5.32 Å². The lowest BCUT2D eigenvalue weighted by Crippen LogP contribution is -2.55. The molecule has 0 aromatic heterocycles. The summed E-state index contributed by atoms with van der Waals surface area (Å²) < 4.78 is 32.3. The van der Waals surface area contributed by atoms with Crippen LogP contribution in [-0.4, -0.2) is 57.1 Å². The Bertz CT molecular complexity index is 1460. The zero-order valence-electron chi connectivity index (χ0n) is 24.0. The molecule has 2 amide bonds. The number of methoxy groups -OCH3 is 1. The molecule has 0 saturated heterocycles. The van der Waals surface area contributed by atoms with Crippen molar-refractivity contribution in [1.82, 2.24) is 10.2 Å². The SMILES string of the molecule is COc1cccc(N(CC(=O)N(Cc2cccc(Cl)c2)C(Cc2ccccc2)C(=O)NC2CCCCC2)S(C)(=O)=O)c1. The number of rotatable bonds is 12. The van der Waals surface area contributed by atoms with Gasteiger partial charge in [-0.15, -0.1) is 0 Å². The summed E-state index contributed by atoms with van der Waals surface area (Å²) in [4.78, 5) is 29.7. The van der Waals surface area contributed by atoms with Gasteiger partial charge in [-0.2, -0.15) is 0 Å². The zero-order chi connectivity index (χ0) is 30.1. The Kier molecular flexibility index (Phi) is 10.9. The lowest BCUT2D eigenvalue weighted by molar-refractivity contribution is -0.140. The highest BCUT2D eigenvalue weighted by Gasteiger charge is 2.34.